The molecule has 0 fully saturated rings. The molecule has 0 spiro atoms. The second kappa shape index (κ2) is 14.1. The highest BCUT2D eigenvalue weighted by Crippen LogP contribution is 2.27. The second-order valence-corrected chi connectivity index (χ2v) is 9.52. The number of nitrogens with zero attached hydrogens (tertiary/aromatic N) is 1. The highest BCUT2D eigenvalue weighted by atomic mass is 28.4. The molecule has 0 saturated carbocycles. The molecule has 0 bridgehead atoms. The minimum atomic E-state index is -2.67. The highest BCUT2D eigenvalue weighted by molar-refractivity contribution is 6.62. The average Bonchev–Trinajstić information content (AvgIpc) is 2.66. The van der Waals surface area contributed by atoms with E-state index in [9.17, 15) is 9.59 Å². The Morgan fingerprint density at radius 1 is 0.808 bits per heavy atom. The minimum absolute atomic E-state index is 0.131. The molecule has 8 nitrogen and oxygen atoms in total. The number of esters is 2. The van der Waals surface area contributed by atoms with Crippen molar-refractivity contribution in [3.8, 4) is 0 Å². The standard InChI is InChI=1S/C17H35NO7Si/c1-15(26(23-4,24-5)25-6)11-14-18(12-7-9-16(19)21-2)13-8-10-17(20)22-3/h15H,7-14H2,1-6H3. The van der Waals surface area contributed by atoms with Crippen LogP contribution in [0.25, 0.3) is 0 Å². The number of hydrogen-bond donors (Lipinski definition) is 0. The van der Waals surface area contributed by atoms with Crippen LogP contribution in [-0.4, -0.2) is 80.8 Å². The molecule has 0 aromatic heterocycles. The van der Waals surface area contributed by atoms with Gasteiger partial charge < -0.3 is 27.7 Å². The summed E-state index contributed by atoms with van der Waals surface area (Å²) in [6.45, 7) is 4.37. The van der Waals surface area contributed by atoms with Crippen molar-refractivity contribution in [3.05, 3.63) is 0 Å². The molecule has 1 unspecified atom stereocenters. The quantitative estimate of drug-likeness (QED) is 0.308. The zero-order chi connectivity index (χ0) is 20.0. The van der Waals surface area contributed by atoms with Crippen molar-refractivity contribution in [1.82, 2.24) is 4.90 Å². The molecule has 1 atom stereocenters. The van der Waals surface area contributed by atoms with Gasteiger partial charge in [0.15, 0.2) is 0 Å². The van der Waals surface area contributed by atoms with Gasteiger partial charge in [-0.3, -0.25) is 9.59 Å². The van der Waals surface area contributed by atoms with Crippen LogP contribution in [0.3, 0.4) is 0 Å². The fourth-order valence-corrected chi connectivity index (χ4v) is 5.03. The van der Waals surface area contributed by atoms with E-state index < -0.39 is 8.80 Å². The largest absolute Gasteiger partial charge is 0.503 e. The number of carbonyl (C=O) groups excluding carboxylic acids is 2. The summed E-state index contributed by atoms with van der Waals surface area (Å²) in [4.78, 5) is 24.8. The number of hydrogen-bond acceptors (Lipinski definition) is 8. The van der Waals surface area contributed by atoms with Gasteiger partial charge in [-0.15, -0.1) is 0 Å². The second-order valence-electron chi connectivity index (χ2n) is 6.11. The Morgan fingerprint density at radius 2 is 1.23 bits per heavy atom. The molecular weight excluding hydrogens is 358 g/mol. The summed E-state index contributed by atoms with van der Waals surface area (Å²) in [6, 6.07) is 0. The SMILES string of the molecule is COC(=O)CCCN(CCCC(=O)OC)CCC(C)[Si](OC)(OC)OC. The van der Waals surface area contributed by atoms with Crippen molar-refractivity contribution >= 4 is 20.7 Å². The van der Waals surface area contributed by atoms with E-state index in [1.165, 1.54) is 14.2 Å². The minimum Gasteiger partial charge on any atom is -0.469 e. The number of rotatable bonds is 15. The van der Waals surface area contributed by atoms with Crippen LogP contribution in [0.2, 0.25) is 5.54 Å². The van der Waals surface area contributed by atoms with E-state index in [2.05, 4.69) is 21.3 Å². The summed E-state index contributed by atoms with van der Waals surface area (Å²) in [6.07, 6.45) is 3.01. The molecule has 0 N–H and O–H groups in total. The summed E-state index contributed by atoms with van der Waals surface area (Å²) in [5.74, 6) is -0.421. The normalized spacial score (nSPS) is 12.9. The van der Waals surface area contributed by atoms with E-state index in [0.29, 0.717) is 25.7 Å². The molecule has 26 heavy (non-hydrogen) atoms. The Labute approximate surface area is 158 Å². The van der Waals surface area contributed by atoms with Gasteiger partial charge >= 0.3 is 20.7 Å². The van der Waals surface area contributed by atoms with Gasteiger partial charge in [-0.1, -0.05) is 6.92 Å². The summed E-state index contributed by atoms with van der Waals surface area (Å²) in [5.41, 5.74) is 0.131. The topological polar surface area (TPSA) is 83.5 Å². The van der Waals surface area contributed by atoms with Crippen molar-refractivity contribution < 1.29 is 32.3 Å². The Kier molecular flexibility index (Phi) is 13.6. The third-order valence-corrected chi connectivity index (χ3v) is 7.70. The van der Waals surface area contributed by atoms with E-state index >= 15 is 0 Å². The lowest BCUT2D eigenvalue weighted by Gasteiger charge is -2.32. The third kappa shape index (κ3) is 9.09. The summed E-state index contributed by atoms with van der Waals surface area (Å²) in [5, 5.41) is 0. The van der Waals surface area contributed by atoms with Crippen LogP contribution in [0.15, 0.2) is 0 Å². The molecule has 0 heterocycles. The third-order valence-electron chi connectivity index (χ3n) is 4.50. The van der Waals surface area contributed by atoms with Crippen LogP contribution in [-0.2, 0) is 32.3 Å². The van der Waals surface area contributed by atoms with Gasteiger partial charge in [-0.2, -0.15) is 0 Å². The van der Waals surface area contributed by atoms with Crippen LogP contribution in [0, 0.1) is 0 Å². The van der Waals surface area contributed by atoms with Gasteiger partial charge in [0.25, 0.3) is 0 Å². The first-order valence-corrected chi connectivity index (χ1v) is 10.7. The molecule has 0 radical (unpaired) electrons. The van der Waals surface area contributed by atoms with Crippen LogP contribution >= 0.6 is 0 Å². The lowest BCUT2D eigenvalue weighted by Crippen LogP contribution is -2.47. The zero-order valence-electron chi connectivity index (χ0n) is 17.0. The van der Waals surface area contributed by atoms with Crippen LogP contribution in [0.5, 0.6) is 0 Å². The first-order valence-electron chi connectivity index (χ1n) is 8.90. The molecule has 0 aromatic carbocycles. The van der Waals surface area contributed by atoms with E-state index in [-0.39, 0.29) is 17.5 Å². The number of methoxy groups -OCH3 is 2. The van der Waals surface area contributed by atoms with Gasteiger partial charge in [0.05, 0.1) is 14.2 Å². The molecule has 0 amide bonds. The smallest absolute Gasteiger partial charge is 0.469 e. The Morgan fingerprint density at radius 3 is 1.58 bits per heavy atom. The number of ether oxygens (including phenoxy) is 2. The first kappa shape index (κ1) is 25.0. The maximum Gasteiger partial charge on any atom is 0.503 e. The molecule has 154 valence electrons. The van der Waals surface area contributed by atoms with Crippen molar-refractivity contribution in [2.45, 2.75) is 44.6 Å². The zero-order valence-corrected chi connectivity index (χ0v) is 18.0. The van der Waals surface area contributed by atoms with E-state index in [1.54, 1.807) is 21.3 Å². The van der Waals surface area contributed by atoms with Gasteiger partial charge in [0.1, 0.15) is 0 Å². The predicted molar refractivity (Wildman–Crippen MR) is 99.8 cm³/mol. The number of carbonyl (C=O) groups is 2. The molecule has 0 aliphatic rings. The molecule has 0 rings (SSSR count). The van der Waals surface area contributed by atoms with Gasteiger partial charge in [0.2, 0.25) is 0 Å². The molecule has 9 heteroatoms. The van der Waals surface area contributed by atoms with E-state index in [1.807, 2.05) is 0 Å². The van der Waals surface area contributed by atoms with Crippen molar-refractivity contribution in [2.24, 2.45) is 0 Å². The molecule has 0 aromatic rings. The van der Waals surface area contributed by atoms with E-state index in [4.69, 9.17) is 13.3 Å². The van der Waals surface area contributed by atoms with Gasteiger partial charge in [-0.05, 0) is 38.9 Å². The predicted octanol–water partition coefficient (Wildman–Crippen LogP) is 1.85. The lowest BCUT2D eigenvalue weighted by atomic mass is 10.2. The van der Waals surface area contributed by atoms with Gasteiger partial charge in [0, 0.05) is 39.7 Å². The maximum absolute atomic E-state index is 11.3. The molecule has 0 aliphatic carbocycles. The monoisotopic (exact) mass is 393 g/mol. The Hall–Kier alpha value is -1.00. The average molecular weight is 394 g/mol. The maximum atomic E-state index is 11.3. The van der Waals surface area contributed by atoms with Crippen LogP contribution in [0.1, 0.15) is 39.0 Å². The fourth-order valence-electron chi connectivity index (χ4n) is 2.84. The first-order chi connectivity index (χ1) is 12.4. The Bertz CT molecular complexity index is 374. The van der Waals surface area contributed by atoms with Crippen LogP contribution < -0.4 is 0 Å². The Balaban J connectivity index is 4.61. The molecule has 0 saturated heterocycles. The summed E-state index contributed by atoms with van der Waals surface area (Å²) < 4.78 is 26.0. The fraction of sp³-hybridized carbons (Fsp3) is 0.882. The summed E-state index contributed by atoms with van der Waals surface area (Å²) in [7, 11) is 4.94. The molecule has 0 aliphatic heterocycles. The molecular formula is C17H35NO7Si. The van der Waals surface area contributed by atoms with Crippen molar-refractivity contribution in [2.75, 3.05) is 55.2 Å². The van der Waals surface area contributed by atoms with Crippen molar-refractivity contribution in [1.29, 1.82) is 0 Å². The van der Waals surface area contributed by atoms with Crippen molar-refractivity contribution in [3.63, 3.8) is 0 Å². The van der Waals surface area contributed by atoms with Gasteiger partial charge in [-0.25, -0.2) is 0 Å². The van der Waals surface area contributed by atoms with Crippen LogP contribution in [0.4, 0.5) is 0 Å². The highest BCUT2D eigenvalue weighted by Gasteiger charge is 2.44. The lowest BCUT2D eigenvalue weighted by molar-refractivity contribution is -0.141. The van der Waals surface area contributed by atoms with E-state index in [0.717, 1.165) is 26.1 Å². The summed E-state index contributed by atoms with van der Waals surface area (Å²) >= 11 is 0.